The van der Waals surface area contributed by atoms with E-state index in [1.807, 2.05) is 0 Å². The molecule has 0 spiro atoms. The second-order valence-electron chi connectivity index (χ2n) is 7.75. The summed E-state index contributed by atoms with van der Waals surface area (Å²) in [4.78, 5) is 25.1. The van der Waals surface area contributed by atoms with Gasteiger partial charge in [0, 0.05) is 41.7 Å². The van der Waals surface area contributed by atoms with Crippen molar-refractivity contribution >= 4 is 29.1 Å². The zero-order valence-corrected chi connectivity index (χ0v) is 21.9. The minimum atomic E-state index is -0.369. The predicted octanol–water partition coefficient (Wildman–Crippen LogP) is 5.19. The Labute approximate surface area is 221 Å². The molecule has 0 heterocycles. The molecule has 1 amide bonds. The lowest BCUT2D eigenvalue weighted by Crippen LogP contribution is -2.08. The van der Waals surface area contributed by atoms with Crippen LogP contribution in [0.3, 0.4) is 0 Å². The number of allylic oxidation sites excluding steroid dienone is 1. The van der Waals surface area contributed by atoms with Crippen LogP contribution in [0.5, 0.6) is 28.7 Å². The molecule has 9 heteroatoms. The molecule has 38 heavy (non-hydrogen) atoms. The maximum Gasteiger partial charge on any atom is 0.248 e. The Balaban J connectivity index is 1.71. The fourth-order valence-electron chi connectivity index (χ4n) is 3.50. The highest BCUT2D eigenvalue weighted by molar-refractivity contribution is 6.05. The van der Waals surface area contributed by atoms with Crippen LogP contribution in [0, 0.1) is 0 Å². The van der Waals surface area contributed by atoms with Gasteiger partial charge in [0.25, 0.3) is 0 Å². The van der Waals surface area contributed by atoms with Crippen LogP contribution in [0.2, 0.25) is 0 Å². The molecule has 0 radical (unpaired) electrons. The van der Waals surface area contributed by atoms with Crippen LogP contribution in [0.15, 0.2) is 72.9 Å². The molecule has 3 rings (SSSR count). The molecule has 0 saturated carbocycles. The van der Waals surface area contributed by atoms with Gasteiger partial charge >= 0.3 is 0 Å². The average Bonchev–Trinajstić information content (AvgIpc) is 2.95. The number of amides is 1. The Kier molecular flexibility index (Phi) is 9.76. The molecule has 3 aromatic rings. The summed E-state index contributed by atoms with van der Waals surface area (Å²) in [5.74, 6) is 2.22. The van der Waals surface area contributed by atoms with Crippen molar-refractivity contribution < 1.29 is 33.3 Å². The molecule has 0 aliphatic heterocycles. The molecule has 0 bridgehead atoms. The molecule has 0 saturated heterocycles. The second-order valence-corrected chi connectivity index (χ2v) is 7.75. The summed E-state index contributed by atoms with van der Waals surface area (Å²) < 4.78 is 26.6. The van der Waals surface area contributed by atoms with Crippen molar-refractivity contribution in [1.82, 2.24) is 0 Å². The van der Waals surface area contributed by atoms with Crippen LogP contribution >= 0.6 is 0 Å². The Morgan fingerprint density at radius 1 is 0.684 bits per heavy atom. The molecule has 9 nitrogen and oxygen atoms in total. The molecule has 0 atom stereocenters. The summed E-state index contributed by atoms with van der Waals surface area (Å²) in [5, 5.41) is 5.84. The predicted molar refractivity (Wildman–Crippen MR) is 147 cm³/mol. The van der Waals surface area contributed by atoms with Gasteiger partial charge in [0.1, 0.15) is 28.7 Å². The quantitative estimate of drug-likeness (QED) is 0.249. The first-order chi connectivity index (χ1) is 18.4. The third-order valence-corrected chi connectivity index (χ3v) is 5.47. The van der Waals surface area contributed by atoms with Gasteiger partial charge in [0.2, 0.25) is 5.91 Å². The van der Waals surface area contributed by atoms with Gasteiger partial charge in [-0.1, -0.05) is 0 Å². The summed E-state index contributed by atoms with van der Waals surface area (Å²) in [6.45, 7) is 0. The first-order valence-electron chi connectivity index (χ1n) is 11.5. The Hall–Kier alpha value is -4.92. The Morgan fingerprint density at radius 2 is 1.32 bits per heavy atom. The number of carbonyl (C=O) groups excluding carboxylic acids is 2. The minimum Gasteiger partial charge on any atom is -0.497 e. The van der Waals surface area contributed by atoms with Crippen molar-refractivity contribution in [2.75, 3.05) is 46.2 Å². The Bertz CT molecular complexity index is 1310. The third-order valence-electron chi connectivity index (χ3n) is 5.47. The number of nitrogens with one attached hydrogen (secondary N) is 2. The fourth-order valence-corrected chi connectivity index (χ4v) is 3.50. The van der Waals surface area contributed by atoms with E-state index in [2.05, 4.69) is 10.6 Å². The van der Waals surface area contributed by atoms with E-state index in [4.69, 9.17) is 23.7 Å². The number of anilines is 2. The molecule has 0 aliphatic carbocycles. The first kappa shape index (κ1) is 27.7. The Morgan fingerprint density at radius 3 is 1.89 bits per heavy atom. The third kappa shape index (κ3) is 7.07. The van der Waals surface area contributed by atoms with Crippen LogP contribution in [-0.2, 0) is 4.79 Å². The van der Waals surface area contributed by atoms with Gasteiger partial charge in [0.05, 0.1) is 46.8 Å². The van der Waals surface area contributed by atoms with Crippen LogP contribution in [0.25, 0.3) is 6.08 Å². The lowest BCUT2D eigenvalue weighted by Gasteiger charge is -2.13. The van der Waals surface area contributed by atoms with Crippen molar-refractivity contribution in [3.63, 3.8) is 0 Å². The molecule has 0 fully saturated rings. The highest BCUT2D eigenvalue weighted by Gasteiger charge is 2.12. The van der Waals surface area contributed by atoms with Gasteiger partial charge in [-0.3, -0.25) is 9.59 Å². The van der Waals surface area contributed by atoms with Gasteiger partial charge in [-0.2, -0.15) is 0 Å². The van der Waals surface area contributed by atoms with E-state index >= 15 is 0 Å². The summed E-state index contributed by atoms with van der Waals surface area (Å²) in [6, 6.07) is 15.3. The van der Waals surface area contributed by atoms with Crippen molar-refractivity contribution in [3.05, 3.63) is 84.1 Å². The van der Waals surface area contributed by atoms with Gasteiger partial charge in [0.15, 0.2) is 5.78 Å². The molecule has 3 aromatic carbocycles. The molecule has 2 N–H and O–H groups in total. The standard InChI is InChI=1S/C29H30N2O7/c1-34-21-9-6-19(7-10-21)25(32)14-15-30-24-16-20(8-12-26(24)36-3)31-29(33)13-11-23-27(37-4)17-22(35-2)18-28(23)38-5/h6-18,30H,1-5H3,(H,31,33). The number of hydrogen-bond acceptors (Lipinski definition) is 8. The average molecular weight is 519 g/mol. The zero-order chi connectivity index (χ0) is 27.5. The fraction of sp³-hybridized carbons (Fsp3) is 0.172. The molecule has 0 aromatic heterocycles. The molecular formula is C29H30N2O7. The molecule has 0 unspecified atom stereocenters. The zero-order valence-electron chi connectivity index (χ0n) is 21.9. The molecule has 198 valence electrons. The van der Waals surface area contributed by atoms with Crippen LogP contribution < -0.4 is 34.3 Å². The molecule has 0 aliphatic rings. The van der Waals surface area contributed by atoms with E-state index in [9.17, 15) is 9.59 Å². The number of ketones is 1. The van der Waals surface area contributed by atoms with E-state index < -0.39 is 0 Å². The number of carbonyl (C=O) groups is 2. The van der Waals surface area contributed by atoms with Gasteiger partial charge < -0.3 is 34.3 Å². The van der Waals surface area contributed by atoms with Crippen LogP contribution in [0.1, 0.15) is 15.9 Å². The second kappa shape index (κ2) is 13.4. The highest BCUT2D eigenvalue weighted by atomic mass is 16.5. The van der Waals surface area contributed by atoms with Crippen molar-refractivity contribution in [2.24, 2.45) is 0 Å². The normalized spacial score (nSPS) is 10.8. The summed E-state index contributed by atoms with van der Waals surface area (Å²) in [7, 11) is 7.69. The minimum absolute atomic E-state index is 0.182. The number of hydrogen-bond donors (Lipinski definition) is 2. The monoisotopic (exact) mass is 518 g/mol. The van der Waals surface area contributed by atoms with Crippen LogP contribution in [0.4, 0.5) is 11.4 Å². The SMILES string of the molecule is COc1ccc(C(=O)C=CNc2cc(NC(=O)C=Cc3c(OC)cc(OC)cc3OC)ccc2OC)cc1. The largest absolute Gasteiger partial charge is 0.497 e. The van der Waals surface area contributed by atoms with E-state index in [1.165, 1.54) is 39.7 Å². The summed E-state index contributed by atoms with van der Waals surface area (Å²) >= 11 is 0. The lowest BCUT2D eigenvalue weighted by atomic mass is 10.1. The summed E-state index contributed by atoms with van der Waals surface area (Å²) in [5.41, 5.74) is 2.20. The lowest BCUT2D eigenvalue weighted by molar-refractivity contribution is -0.111. The highest BCUT2D eigenvalue weighted by Crippen LogP contribution is 2.35. The van der Waals surface area contributed by atoms with Gasteiger partial charge in [-0.25, -0.2) is 0 Å². The maximum absolute atomic E-state index is 12.7. The number of ether oxygens (including phenoxy) is 5. The summed E-state index contributed by atoms with van der Waals surface area (Å²) in [6.07, 6.45) is 5.89. The van der Waals surface area contributed by atoms with E-state index in [-0.39, 0.29) is 11.7 Å². The van der Waals surface area contributed by atoms with E-state index in [0.29, 0.717) is 51.2 Å². The van der Waals surface area contributed by atoms with E-state index in [1.54, 1.807) is 74.9 Å². The number of benzene rings is 3. The van der Waals surface area contributed by atoms with Crippen molar-refractivity contribution in [3.8, 4) is 28.7 Å². The number of rotatable bonds is 12. The van der Waals surface area contributed by atoms with E-state index in [0.717, 1.165) is 0 Å². The smallest absolute Gasteiger partial charge is 0.248 e. The first-order valence-corrected chi connectivity index (χ1v) is 11.5. The van der Waals surface area contributed by atoms with Crippen molar-refractivity contribution in [1.29, 1.82) is 0 Å². The molecular weight excluding hydrogens is 488 g/mol. The topological polar surface area (TPSA) is 104 Å². The van der Waals surface area contributed by atoms with Crippen molar-refractivity contribution in [2.45, 2.75) is 0 Å². The number of methoxy groups -OCH3 is 5. The van der Waals surface area contributed by atoms with Gasteiger partial charge in [-0.05, 0) is 48.5 Å². The van der Waals surface area contributed by atoms with Gasteiger partial charge in [-0.15, -0.1) is 0 Å². The van der Waals surface area contributed by atoms with Crippen LogP contribution in [-0.4, -0.2) is 47.2 Å². The maximum atomic E-state index is 12.7.